The van der Waals surface area contributed by atoms with Crippen LogP contribution in [0.1, 0.15) is 6.92 Å². The van der Waals surface area contributed by atoms with Crippen LogP contribution >= 0.6 is 0 Å². The predicted molar refractivity (Wildman–Crippen MR) is 47.1 cm³/mol. The molecule has 1 aromatic rings. The van der Waals surface area contributed by atoms with Gasteiger partial charge < -0.3 is 0 Å². The van der Waals surface area contributed by atoms with Gasteiger partial charge in [0.05, 0.1) is 0 Å². The average molecular weight is 164 g/mol. The molecule has 0 aromatic carbocycles. The maximum absolute atomic E-state index is 4.00. The Morgan fingerprint density at radius 1 is 1.50 bits per heavy atom. The van der Waals surface area contributed by atoms with Gasteiger partial charge in [-0.2, -0.15) is 0 Å². The molecule has 0 radical (unpaired) electrons. The number of hydrogen-bond donors (Lipinski definition) is 0. The van der Waals surface area contributed by atoms with E-state index in [1.807, 2.05) is 32.2 Å². The fourth-order valence-electron chi connectivity index (χ4n) is 0.598. The van der Waals surface area contributed by atoms with Gasteiger partial charge in [0.2, 0.25) is 0 Å². The maximum Gasteiger partial charge on any atom is 0.176 e. The lowest BCUT2D eigenvalue weighted by Crippen LogP contribution is -2.07. The van der Waals surface area contributed by atoms with Gasteiger partial charge in [-0.25, -0.2) is 4.98 Å². The van der Waals surface area contributed by atoms with Crippen LogP contribution < -0.4 is 0 Å². The number of hydrogen-bond acceptors (Lipinski definition) is 3. The number of rotatable bonds is 3. The summed E-state index contributed by atoms with van der Waals surface area (Å²) in [5.74, 6) is 0.637. The third kappa shape index (κ3) is 2.65. The standard InChI is InChI=1S/C8H12N4/c1-3-12(2)11-10-8-6-4-5-7-9-8/h4-7H,3H2,1-2H3/b11-10+. The van der Waals surface area contributed by atoms with Crippen LogP contribution in [0.2, 0.25) is 0 Å². The molecule has 1 aromatic heterocycles. The van der Waals surface area contributed by atoms with Crippen LogP contribution in [0.3, 0.4) is 0 Å². The molecule has 64 valence electrons. The monoisotopic (exact) mass is 164 g/mol. The Hall–Kier alpha value is -1.45. The van der Waals surface area contributed by atoms with Crippen molar-refractivity contribution in [2.75, 3.05) is 13.6 Å². The molecule has 0 spiro atoms. The van der Waals surface area contributed by atoms with Crippen LogP contribution in [0.5, 0.6) is 0 Å². The van der Waals surface area contributed by atoms with Crippen molar-refractivity contribution >= 4 is 5.82 Å². The van der Waals surface area contributed by atoms with Gasteiger partial charge in [-0.05, 0) is 19.1 Å². The summed E-state index contributed by atoms with van der Waals surface area (Å²) in [6.45, 7) is 2.85. The highest BCUT2D eigenvalue weighted by atomic mass is 15.5. The SMILES string of the molecule is CCN(C)/N=N/c1ccccn1. The van der Waals surface area contributed by atoms with E-state index < -0.39 is 0 Å². The van der Waals surface area contributed by atoms with Crippen molar-refractivity contribution in [1.29, 1.82) is 0 Å². The van der Waals surface area contributed by atoms with Crippen molar-refractivity contribution in [2.45, 2.75) is 6.92 Å². The Balaban J connectivity index is 2.58. The van der Waals surface area contributed by atoms with E-state index in [1.54, 1.807) is 11.2 Å². The van der Waals surface area contributed by atoms with Gasteiger partial charge >= 0.3 is 0 Å². The van der Waals surface area contributed by atoms with Gasteiger partial charge in [-0.1, -0.05) is 11.3 Å². The second-order valence-corrected chi connectivity index (χ2v) is 2.35. The lowest BCUT2D eigenvalue weighted by molar-refractivity contribution is 0.350. The first-order valence-electron chi connectivity index (χ1n) is 3.86. The molecule has 0 unspecified atom stereocenters. The minimum atomic E-state index is 0.637. The largest absolute Gasteiger partial charge is 0.282 e. The molecule has 4 nitrogen and oxygen atoms in total. The summed E-state index contributed by atoms with van der Waals surface area (Å²) in [6, 6.07) is 5.54. The molecular formula is C8H12N4. The molecule has 12 heavy (non-hydrogen) atoms. The second kappa shape index (κ2) is 4.43. The molecule has 0 aliphatic carbocycles. The normalized spacial score (nSPS) is 10.5. The number of pyridine rings is 1. The third-order valence-electron chi connectivity index (χ3n) is 1.41. The molecular weight excluding hydrogens is 152 g/mol. The molecule has 0 amide bonds. The Labute approximate surface area is 71.9 Å². The van der Waals surface area contributed by atoms with Gasteiger partial charge in [-0.15, -0.1) is 5.11 Å². The summed E-state index contributed by atoms with van der Waals surface area (Å²) < 4.78 is 0. The van der Waals surface area contributed by atoms with Crippen LogP contribution in [-0.2, 0) is 0 Å². The Morgan fingerprint density at radius 3 is 2.92 bits per heavy atom. The van der Waals surface area contributed by atoms with Gasteiger partial charge in [0.15, 0.2) is 5.82 Å². The third-order valence-corrected chi connectivity index (χ3v) is 1.41. The zero-order valence-corrected chi connectivity index (χ0v) is 7.31. The number of aromatic nitrogens is 1. The molecule has 4 heteroatoms. The minimum Gasteiger partial charge on any atom is -0.282 e. The Kier molecular flexibility index (Phi) is 3.19. The van der Waals surface area contributed by atoms with E-state index in [0.29, 0.717) is 5.82 Å². The Bertz CT molecular complexity index is 244. The molecule has 0 N–H and O–H groups in total. The van der Waals surface area contributed by atoms with Crippen LogP contribution in [-0.4, -0.2) is 23.6 Å². The highest BCUT2D eigenvalue weighted by Gasteiger charge is 1.88. The summed E-state index contributed by atoms with van der Waals surface area (Å²) in [7, 11) is 1.87. The van der Waals surface area contributed by atoms with Gasteiger partial charge in [0.1, 0.15) is 0 Å². The van der Waals surface area contributed by atoms with Gasteiger partial charge in [-0.3, -0.25) is 5.01 Å². The first-order chi connectivity index (χ1) is 5.83. The predicted octanol–water partition coefficient (Wildman–Crippen LogP) is 2.03. The van der Waals surface area contributed by atoms with E-state index in [2.05, 4.69) is 15.3 Å². The highest BCUT2D eigenvalue weighted by molar-refractivity contribution is 5.23. The molecule has 0 atom stereocenters. The Morgan fingerprint density at radius 2 is 2.33 bits per heavy atom. The molecule has 1 rings (SSSR count). The summed E-state index contributed by atoms with van der Waals surface area (Å²) in [5.41, 5.74) is 0. The van der Waals surface area contributed by atoms with Crippen LogP contribution in [0, 0.1) is 0 Å². The van der Waals surface area contributed by atoms with Crippen LogP contribution in [0.4, 0.5) is 5.82 Å². The van der Waals surface area contributed by atoms with E-state index in [9.17, 15) is 0 Å². The molecule has 0 aliphatic heterocycles. The van der Waals surface area contributed by atoms with E-state index in [1.165, 1.54) is 0 Å². The highest BCUT2D eigenvalue weighted by Crippen LogP contribution is 2.05. The molecule has 0 saturated carbocycles. The first kappa shape index (κ1) is 8.64. The zero-order valence-electron chi connectivity index (χ0n) is 7.31. The van der Waals surface area contributed by atoms with Crippen LogP contribution in [0.15, 0.2) is 34.7 Å². The van der Waals surface area contributed by atoms with E-state index in [4.69, 9.17) is 0 Å². The molecule has 0 fully saturated rings. The quantitative estimate of drug-likeness (QED) is 0.506. The summed E-state index contributed by atoms with van der Waals surface area (Å²) >= 11 is 0. The fraction of sp³-hybridized carbons (Fsp3) is 0.375. The van der Waals surface area contributed by atoms with Crippen molar-refractivity contribution in [3.05, 3.63) is 24.4 Å². The summed E-state index contributed by atoms with van der Waals surface area (Å²) in [5, 5.41) is 9.57. The first-order valence-corrected chi connectivity index (χ1v) is 3.86. The molecule has 1 heterocycles. The molecule has 0 bridgehead atoms. The number of nitrogens with zero attached hydrogens (tertiary/aromatic N) is 4. The fourth-order valence-corrected chi connectivity index (χ4v) is 0.598. The second-order valence-electron chi connectivity index (χ2n) is 2.35. The van der Waals surface area contributed by atoms with Crippen molar-refractivity contribution in [2.24, 2.45) is 10.3 Å². The topological polar surface area (TPSA) is 40.9 Å². The van der Waals surface area contributed by atoms with Crippen molar-refractivity contribution in [3.8, 4) is 0 Å². The smallest absolute Gasteiger partial charge is 0.176 e. The van der Waals surface area contributed by atoms with Crippen molar-refractivity contribution < 1.29 is 0 Å². The van der Waals surface area contributed by atoms with Crippen molar-refractivity contribution in [3.63, 3.8) is 0 Å². The van der Waals surface area contributed by atoms with Crippen molar-refractivity contribution in [1.82, 2.24) is 9.99 Å². The lowest BCUT2D eigenvalue weighted by atomic mass is 10.5. The molecule has 0 saturated heterocycles. The zero-order chi connectivity index (χ0) is 8.81. The summed E-state index contributed by atoms with van der Waals surface area (Å²) in [4.78, 5) is 4.00. The van der Waals surface area contributed by atoms with Gasteiger partial charge in [0, 0.05) is 19.8 Å². The summed E-state index contributed by atoms with van der Waals surface area (Å²) in [6.07, 6.45) is 1.69. The average Bonchev–Trinajstić information content (AvgIpc) is 2.16. The van der Waals surface area contributed by atoms with Crippen LogP contribution in [0.25, 0.3) is 0 Å². The lowest BCUT2D eigenvalue weighted by Gasteiger charge is -2.04. The van der Waals surface area contributed by atoms with E-state index in [-0.39, 0.29) is 0 Å². The minimum absolute atomic E-state index is 0.637. The molecule has 0 aliphatic rings. The maximum atomic E-state index is 4.00. The van der Waals surface area contributed by atoms with E-state index in [0.717, 1.165) is 6.54 Å². The van der Waals surface area contributed by atoms with Gasteiger partial charge in [0.25, 0.3) is 0 Å². The van der Waals surface area contributed by atoms with E-state index >= 15 is 0 Å².